The first-order chi connectivity index (χ1) is 7.68. The number of nitro groups is 1. The number of benzene rings is 1. The molecule has 1 aromatic heterocycles. The molecule has 16 heavy (non-hydrogen) atoms. The van der Waals surface area contributed by atoms with Crippen molar-refractivity contribution in [1.29, 1.82) is 0 Å². The number of hydrogen-bond acceptors (Lipinski definition) is 4. The molecule has 0 spiro atoms. The Hall–Kier alpha value is -2.14. The lowest BCUT2D eigenvalue weighted by molar-refractivity contribution is -0.402. The summed E-state index contributed by atoms with van der Waals surface area (Å²) >= 11 is 0. The normalized spacial score (nSPS) is 12.3. The van der Waals surface area contributed by atoms with Crippen LogP contribution < -0.4 is 5.73 Å². The molecule has 0 aliphatic carbocycles. The van der Waals surface area contributed by atoms with Crippen LogP contribution in [0.15, 0.2) is 46.9 Å². The van der Waals surface area contributed by atoms with Crippen LogP contribution in [0, 0.1) is 10.1 Å². The Labute approximate surface area is 91.6 Å². The summed E-state index contributed by atoms with van der Waals surface area (Å²) in [6, 6.07) is 11.6. The van der Waals surface area contributed by atoms with Gasteiger partial charge in [0.2, 0.25) is 0 Å². The molecule has 0 fully saturated rings. The smallest absolute Gasteiger partial charge is 0.404 e. The maximum Gasteiger partial charge on any atom is 0.433 e. The molecule has 1 heterocycles. The Morgan fingerprint density at radius 1 is 1.19 bits per heavy atom. The van der Waals surface area contributed by atoms with Gasteiger partial charge in [0.15, 0.2) is 0 Å². The molecular formula is C11H10N2O3. The van der Waals surface area contributed by atoms with E-state index in [0.717, 1.165) is 5.56 Å². The minimum atomic E-state index is -0.582. The summed E-state index contributed by atoms with van der Waals surface area (Å²) in [5.74, 6) is 0.0966. The predicted molar refractivity (Wildman–Crippen MR) is 57.8 cm³/mol. The number of hydrogen-bond donors (Lipinski definition) is 1. The topological polar surface area (TPSA) is 82.3 Å². The number of rotatable bonds is 3. The Morgan fingerprint density at radius 3 is 2.44 bits per heavy atom. The summed E-state index contributed by atoms with van der Waals surface area (Å²) in [6.07, 6.45) is 0. The van der Waals surface area contributed by atoms with E-state index < -0.39 is 11.0 Å². The van der Waals surface area contributed by atoms with Gasteiger partial charge in [-0.05, 0) is 11.6 Å². The third-order valence-electron chi connectivity index (χ3n) is 2.26. The van der Waals surface area contributed by atoms with Gasteiger partial charge in [-0.3, -0.25) is 10.1 Å². The molecule has 1 unspecified atom stereocenters. The Balaban J connectivity index is 2.27. The van der Waals surface area contributed by atoms with E-state index >= 15 is 0 Å². The van der Waals surface area contributed by atoms with Crippen LogP contribution in [0.2, 0.25) is 0 Å². The van der Waals surface area contributed by atoms with Crippen LogP contribution in [0.25, 0.3) is 0 Å². The van der Waals surface area contributed by atoms with Crippen molar-refractivity contribution in [1.82, 2.24) is 0 Å². The van der Waals surface area contributed by atoms with Crippen LogP contribution in [0.3, 0.4) is 0 Å². The van der Waals surface area contributed by atoms with Crippen LogP contribution in [-0.2, 0) is 0 Å². The van der Waals surface area contributed by atoms with Gasteiger partial charge in [-0.15, -0.1) is 0 Å². The van der Waals surface area contributed by atoms with Crippen molar-refractivity contribution in [2.45, 2.75) is 6.04 Å². The van der Waals surface area contributed by atoms with E-state index in [1.807, 2.05) is 30.3 Å². The predicted octanol–water partition coefficient (Wildman–Crippen LogP) is 2.24. The molecule has 1 aromatic carbocycles. The molecule has 0 radical (unpaired) electrons. The monoisotopic (exact) mass is 218 g/mol. The van der Waals surface area contributed by atoms with E-state index in [2.05, 4.69) is 0 Å². The molecule has 2 aromatic rings. The second-order valence-electron chi connectivity index (χ2n) is 3.32. The van der Waals surface area contributed by atoms with Crippen molar-refractivity contribution in [3.05, 3.63) is 63.9 Å². The average molecular weight is 218 g/mol. The summed E-state index contributed by atoms with van der Waals surface area (Å²) in [6.45, 7) is 0. The van der Waals surface area contributed by atoms with Crippen molar-refractivity contribution in [2.75, 3.05) is 0 Å². The lowest BCUT2D eigenvalue weighted by atomic mass is 10.1. The van der Waals surface area contributed by atoms with Gasteiger partial charge in [-0.25, -0.2) is 0 Å². The quantitative estimate of drug-likeness (QED) is 0.632. The molecule has 0 bridgehead atoms. The highest BCUT2D eigenvalue weighted by atomic mass is 16.6. The zero-order valence-corrected chi connectivity index (χ0v) is 8.37. The standard InChI is InChI=1S/C11H10N2O3/c12-11(8-4-2-1-3-5-8)9-6-7-10(16-9)13(14)15/h1-7,11H,12H2. The van der Waals surface area contributed by atoms with Crippen LogP contribution in [-0.4, -0.2) is 4.92 Å². The fourth-order valence-corrected chi connectivity index (χ4v) is 1.43. The molecular weight excluding hydrogens is 208 g/mol. The molecule has 1 atom stereocenters. The van der Waals surface area contributed by atoms with Crippen LogP contribution in [0.1, 0.15) is 17.4 Å². The van der Waals surface area contributed by atoms with E-state index in [9.17, 15) is 10.1 Å². The highest BCUT2D eigenvalue weighted by Gasteiger charge is 2.17. The van der Waals surface area contributed by atoms with Crippen LogP contribution in [0.5, 0.6) is 0 Å². The van der Waals surface area contributed by atoms with Crippen molar-refractivity contribution < 1.29 is 9.34 Å². The van der Waals surface area contributed by atoms with E-state index in [0.29, 0.717) is 5.76 Å². The number of nitrogens with zero attached hydrogens (tertiary/aromatic N) is 1. The molecule has 5 heteroatoms. The molecule has 2 N–H and O–H groups in total. The van der Waals surface area contributed by atoms with E-state index in [1.54, 1.807) is 0 Å². The highest BCUT2D eigenvalue weighted by Crippen LogP contribution is 2.24. The van der Waals surface area contributed by atoms with Gasteiger partial charge in [0.1, 0.15) is 10.7 Å². The summed E-state index contributed by atoms with van der Waals surface area (Å²) in [4.78, 5) is 9.86. The minimum Gasteiger partial charge on any atom is -0.404 e. The summed E-state index contributed by atoms with van der Waals surface area (Å²) in [7, 11) is 0. The lowest BCUT2D eigenvalue weighted by Crippen LogP contribution is -2.10. The average Bonchev–Trinajstić information content (AvgIpc) is 2.78. The highest BCUT2D eigenvalue weighted by molar-refractivity contribution is 5.28. The van der Waals surface area contributed by atoms with Crippen molar-refractivity contribution in [3.63, 3.8) is 0 Å². The fraction of sp³-hybridized carbons (Fsp3) is 0.0909. The van der Waals surface area contributed by atoms with Crippen molar-refractivity contribution >= 4 is 5.88 Å². The first-order valence-electron chi connectivity index (χ1n) is 4.73. The Bertz CT molecular complexity index is 493. The summed E-state index contributed by atoms with van der Waals surface area (Å²) in [5.41, 5.74) is 6.77. The number of furan rings is 1. The third-order valence-corrected chi connectivity index (χ3v) is 2.26. The molecule has 0 saturated heterocycles. The maximum absolute atomic E-state index is 10.4. The maximum atomic E-state index is 10.4. The zero-order chi connectivity index (χ0) is 11.5. The van der Waals surface area contributed by atoms with Gasteiger partial charge in [0.05, 0.1) is 12.1 Å². The van der Waals surface area contributed by atoms with E-state index in [1.165, 1.54) is 12.1 Å². The first-order valence-corrected chi connectivity index (χ1v) is 4.73. The summed E-state index contributed by atoms with van der Waals surface area (Å²) < 4.78 is 5.04. The van der Waals surface area contributed by atoms with Gasteiger partial charge < -0.3 is 10.2 Å². The number of nitrogens with two attached hydrogens (primary N) is 1. The lowest BCUT2D eigenvalue weighted by Gasteiger charge is -2.07. The van der Waals surface area contributed by atoms with Crippen molar-refractivity contribution in [3.8, 4) is 0 Å². The molecule has 0 amide bonds. The van der Waals surface area contributed by atoms with Gasteiger partial charge in [-0.2, -0.15) is 0 Å². The van der Waals surface area contributed by atoms with Gasteiger partial charge in [-0.1, -0.05) is 30.3 Å². The van der Waals surface area contributed by atoms with Gasteiger partial charge in [0.25, 0.3) is 0 Å². The second-order valence-corrected chi connectivity index (χ2v) is 3.32. The molecule has 2 rings (SSSR count). The van der Waals surface area contributed by atoms with Gasteiger partial charge in [0, 0.05) is 0 Å². The second kappa shape index (κ2) is 4.16. The molecule has 0 saturated carbocycles. The molecule has 82 valence electrons. The minimum absolute atomic E-state index is 0.290. The molecule has 0 aliphatic heterocycles. The summed E-state index contributed by atoms with van der Waals surface area (Å²) in [5, 5.41) is 10.4. The molecule has 0 aliphatic rings. The Kier molecular flexibility index (Phi) is 2.70. The Morgan fingerprint density at radius 2 is 1.88 bits per heavy atom. The first kappa shape index (κ1) is 10.4. The SMILES string of the molecule is NC(c1ccccc1)c1ccc([N+](=O)[O-])o1. The van der Waals surface area contributed by atoms with E-state index in [-0.39, 0.29) is 5.88 Å². The molecule has 5 nitrogen and oxygen atoms in total. The fourth-order valence-electron chi connectivity index (χ4n) is 1.43. The third kappa shape index (κ3) is 1.94. The zero-order valence-electron chi connectivity index (χ0n) is 8.37. The largest absolute Gasteiger partial charge is 0.433 e. The van der Waals surface area contributed by atoms with Gasteiger partial charge >= 0.3 is 5.88 Å². The van der Waals surface area contributed by atoms with Crippen LogP contribution >= 0.6 is 0 Å². The van der Waals surface area contributed by atoms with Crippen molar-refractivity contribution in [2.24, 2.45) is 5.73 Å². The van der Waals surface area contributed by atoms with E-state index in [4.69, 9.17) is 10.2 Å². The van der Waals surface area contributed by atoms with Crippen LogP contribution in [0.4, 0.5) is 5.88 Å².